The summed E-state index contributed by atoms with van der Waals surface area (Å²) in [6, 6.07) is 16.6. The summed E-state index contributed by atoms with van der Waals surface area (Å²) < 4.78 is 32.4. The van der Waals surface area contributed by atoms with Gasteiger partial charge in [-0.05, 0) is 24.6 Å². The molecule has 0 atom stereocenters. The maximum Gasteiger partial charge on any atom is 0.322 e. The maximum absolute atomic E-state index is 12.2. The zero-order valence-corrected chi connectivity index (χ0v) is 14.4. The van der Waals surface area contributed by atoms with E-state index in [1.54, 1.807) is 24.3 Å². The highest BCUT2D eigenvalue weighted by Gasteiger charge is 2.12. The Morgan fingerprint density at radius 2 is 1.60 bits per heavy atom. The molecule has 1 N–H and O–H groups in total. The summed E-state index contributed by atoms with van der Waals surface area (Å²) in [5, 5.41) is 0. The monoisotopic (exact) mass is 355 g/mol. The van der Waals surface area contributed by atoms with Crippen molar-refractivity contribution in [2.24, 2.45) is 0 Å². The predicted octanol–water partition coefficient (Wildman–Crippen LogP) is 3.52. The number of aromatic nitrogens is 2. The van der Waals surface area contributed by atoms with E-state index in [4.69, 9.17) is 4.74 Å². The van der Waals surface area contributed by atoms with E-state index < -0.39 is 10.0 Å². The van der Waals surface area contributed by atoms with Gasteiger partial charge in [-0.25, -0.2) is 18.4 Å². The Morgan fingerprint density at radius 1 is 0.960 bits per heavy atom. The van der Waals surface area contributed by atoms with Crippen LogP contribution in [0.4, 0.5) is 5.69 Å². The molecule has 0 spiro atoms. The fraction of sp³-hybridized carbons (Fsp3) is 0.111. The smallest absolute Gasteiger partial charge is 0.322 e. The SMILES string of the molecule is Cc1ccc(CS(=O)(=O)Nc2cnc(Oc3ccccc3)nc2)cc1. The summed E-state index contributed by atoms with van der Waals surface area (Å²) >= 11 is 0. The second kappa shape index (κ2) is 7.31. The Labute approximate surface area is 146 Å². The number of nitrogens with one attached hydrogen (secondary N) is 1. The number of nitrogens with zero attached hydrogens (tertiary/aromatic N) is 2. The highest BCUT2D eigenvalue weighted by atomic mass is 32.2. The highest BCUT2D eigenvalue weighted by molar-refractivity contribution is 7.91. The van der Waals surface area contributed by atoms with E-state index in [1.165, 1.54) is 12.4 Å². The molecule has 0 bridgehead atoms. The molecule has 3 aromatic rings. The van der Waals surface area contributed by atoms with Gasteiger partial charge in [-0.1, -0.05) is 48.0 Å². The van der Waals surface area contributed by atoms with Crippen LogP contribution in [-0.2, 0) is 15.8 Å². The number of hydrogen-bond donors (Lipinski definition) is 1. The molecule has 0 fully saturated rings. The third kappa shape index (κ3) is 5.02. The molecule has 0 saturated heterocycles. The molecule has 1 heterocycles. The minimum Gasteiger partial charge on any atom is -0.424 e. The molecule has 0 radical (unpaired) electrons. The van der Waals surface area contributed by atoms with Crippen molar-refractivity contribution in [1.82, 2.24) is 9.97 Å². The Balaban J connectivity index is 1.65. The third-order valence-electron chi connectivity index (χ3n) is 3.33. The first-order valence-electron chi connectivity index (χ1n) is 7.61. The van der Waals surface area contributed by atoms with E-state index in [0.717, 1.165) is 5.56 Å². The Morgan fingerprint density at radius 3 is 2.24 bits per heavy atom. The molecule has 3 rings (SSSR count). The van der Waals surface area contributed by atoms with Crippen molar-refractivity contribution in [3.8, 4) is 11.8 Å². The number of aryl methyl sites for hydroxylation is 1. The molecular formula is C18H17N3O3S. The number of sulfonamides is 1. The molecule has 0 aliphatic rings. The van der Waals surface area contributed by atoms with Crippen LogP contribution >= 0.6 is 0 Å². The van der Waals surface area contributed by atoms with Crippen LogP contribution in [0.2, 0.25) is 0 Å². The largest absolute Gasteiger partial charge is 0.424 e. The fourth-order valence-electron chi connectivity index (χ4n) is 2.13. The standard InChI is InChI=1S/C18H17N3O3S/c1-14-7-9-15(10-8-14)13-25(22,23)21-16-11-19-18(20-12-16)24-17-5-3-2-4-6-17/h2-12,21H,13H2,1H3. The molecule has 0 unspecified atom stereocenters. The molecule has 0 aliphatic heterocycles. The van der Waals surface area contributed by atoms with Gasteiger partial charge in [-0.15, -0.1) is 0 Å². The Hall–Kier alpha value is -2.93. The quantitative estimate of drug-likeness (QED) is 0.732. The minimum absolute atomic E-state index is 0.116. The van der Waals surface area contributed by atoms with Gasteiger partial charge in [0.05, 0.1) is 23.8 Å². The summed E-state index contributed by atoms with van der Waals surface area (Å²) in [6.07, 6.45) is 2.75. The van der Waals surface area contributed by atoms with Gasteiger partial charge in [0.2, 0.25) is 10.0 Å². The van der Waals surface area contributed by atoms with Crippen molar-refractivity contribution in [3.05, 3.63) is 78.1 Å². The lowest BCUT2D eigenvalue weighted by atomic mass is 10.2. The van der Waals surface area contributed by atoms with Crippen LogP contribution < -0.4 is 9.46 Å². The molecule has 7 heteroatoms. The van der Waals surface area contributed by atoms with Crippen molar-refractivity contribution >= 4 is 15.7 Å². The van der Waals surface area contributed by atoms with Gasteiger partial charge < -0.3 is 4.74 Å². The average molecular weight is 355 g/mol. The Bertz CT molecular complexity index is 926. The van der Waals surface area contributed by atoms with Crippen molar-refractivity contribution in [3.63, 3.8) is 0 Å². The molecule has 2 aromatic carbocycles. The zero-order valence-electron chi connectivity index (χ0n) is 13.6. The van der Waals surface area contributed by atoms with Gasteiger partial charge >= 0.3 is 6.01 Å². The lowest BCUT2D eigenvalue weighted by Crippen LogP contribution is -2.15. The number of anilines is 1. The molecule has 128 valence electrons. The van der Waals surface area contributed by atoms with Crippen molar-refractivity contribution in [1.29, 1.82) is 0 Å². The van der Waals surface area contributed by atoms with Crippen molar-refractivity contribution in [2.45, 2.75) is 12.7 Å². The van der Waals surface area contributed by atoms with Gasteiger partial charge in [-0.3, -0.25) is 4.72 Å². The number of ether oxygens (including phenoxy) is 1. The number of benzene rings is 2. The van der Waals surface area contributed by atoms with E-state index in [1.807, 2.05) is 37.3 Å². The van der Waals surface area contributed by atoms with Crippen molar-refractivity contribution < 1.29 is 13.2 Å². The van der Waals surface area contributed by atoms with E-state index >= 15 is 0 Å². The van der Waals surface area contributed by atoms with Gasteiger partial charge in [-0.2, -0.15) is 0 Å². The lowest BCUT2D eigenvalue weighted by Gasteiger charge is -2.08. The second-order valence-electron chi connectivity index (χ2n) is 5.52. The van der Waals surface area contributed by atoms with Gasteiger partial charge in [0.1, 0.15) is 5.75 Å². The number of para-hydroxylation sites is 1. The molecular weight excluding hydrogens is 338 g/mol. The first-order valence-corrected chi connectivity index (χ1v) is 9.26. The fourth-order valence-corrected chi connectivity index (χ4v) is 3.30. The maximum atomic E-state index is 12.2. The first-order chi connectivity index (χ1) is 12.0. The molecule has 0 aliphatic carbocycles. The van der Waals surface area contributed by atoms with Crippen molar-refractivity contribution in [2.75, 3.05) is 4.72 Å². The van der Waals surface area contributed by atoms with Gasteiger partial charge in [0.15, 0.2) is 0 Å². The average Bonchev–Trinajstić information content (AvgIpc) is 2.59. The van der Waals surface area contributed by atoms with Crippen LogP contribution in [0.15, 0.2) is 67.0 Å². The molecule has 6 nitrogen and oxygen atoms in total. The summed E-state index contributed by atoms with van der Waals surface area (Å²) in [5.41, 5.74) is 2.08. The van der Waals surface area contributed by atoms with E-state index in [-0.39, 0.29) is 17.5 Å². The lowest BCUT2D eigenvalue weighted by molar-refractivity contribution is 0.442. The normalized spacial score (nSPS) is 11.1. The second-order valence-corrected chi connectivity index (χ2v) is 7.24. The summed E-state index contributed by atoms with van der Waals surface area (Å²) in [7, 11) is -3.54. The van der Waals surface area contributed by atoms with Crippen LogP contribution in [0, 0.1) is 6.92 Å². The summed E-state index contributed by atoms with van der Waals surface area (Å²) in [4.78, 5) is 8.03. The van der Waals surface area contributed by atoms with E-state index in [0.29, 0.717) is 11.3 Å². The van der Waals surface area contributed by atoms with E-state index in [9.17, 15) is 8.42 Å². The van der Waals surface area contributed by atoms with Crippen LogP contribution in [0.3, 0.4) is 0 Å². The summed E-state index contributed by atoms with van der Waals surface area (Å²) in [6.45, 7) is 1.95. The van der Waals surface area contributed by atoms with Crippen LogP contribution in [0.5, 0.6) is 11.8 Å². The van der Waals surface area contributed by atoms with E-state index in [2.05, 4.69) is 14.7 Å². The molecule has 0 amide bonds. The zero-order chi connectivity index (χ0) is 17.7. The topological polar surface area (TPSA) is 81.2 Å². The number of hydrogen-bond acceptors (Lipinski definition) is 5. The molecule has 0 saturated carbocycles. The summed E-state index contributed by atoms with van der Waals surface area (Å²) in [5.74, 6) is 0.491. The third-order valence-corrected chi connectivity index (χ3v) is 4.59. The van der Waals surface area contributed by atoms with Crippen LogP contribution in [0.25, 0.3) is 0 Å². The number of rotatable bonds is 6. The molecule has 1 aromatic heterocycles. The van der Waals surface area contributed by atoms with Gasteiger partial charge in [0, 0.05) is 0 Å². The Kier molecular flexibility index (Phi) is 4.95. The predicted molar refractivity (Wildman–Crippen MR) is 96.0 cm³/mol. The van der Waals surface area contributed by atoms with Crippen LogP contribution in [0.1, 0.15) is 11.1 Å². The first kappa shape index (κ1) is 16.9. The highest BCUT2D eigenvalue weighted by Crippen LogP contribution is 2.18. The van der Waals surface area contributed by atoms with Gasteiger partial charge in [0.25, 0.3) is 0 Å². The van der Waals surface area contributed by atoms with Crippen LogP contribution in [-0.4, -0.2) is 18.4 Å². The minimum atomic E-state index is -3.54. The molecule has 25 heavy (non-hydrogen) atoms.